The smallest absolute Gasteiger partial charge is 0.243 e. The van der Waals surface area contributed by atoms with E-state index in [4.69, 9.17) is 0 Å². The van der Waals surface area contributed by atoms with E-state index in [0.29, 0.717) is 24.0 Å². The second-order valence-electron chi connectivity index (χ2n) is 3.42. The van der Waals surface area contributed by atoms with E-state index in [9.17, 15) is 4.21 Å². The summed E-state index contributed by atoms with van der Waals surface area (Å²) in [7, 11) is -0.757. The molecule has 2 aromatic heterocycles. The molecule has 0 bridgehead atoms. The molecule has 5 nitrogen and oxygen atoms in total. The first-order chi connectivity index (χ1) is 8.20. The first-order valence-electron chi connectivity index (χ1n) is 5.30. The number of nitrogens with zero attached hydrogens (tertiary/aromatic N) is 3. The van der Waals surface area contributed by atoms with Crippen molar-refractivity contribution in [1.29, 1.82) is 0 Å². The maximum absolute atomic E-state index is 11.2. The lowest BCUT2D eigenvalue weighted by atomic mass is 10.5. The maximum atomic E-state index is 11.2. The van der Waals surface area contributed by atoms with Gasteiger partial charge in [0.15, 0.2) is 5.65 Å². The number of pyridine rings is 1. The van der Waals surface area contributed by atoms with E-state index >= 15 is 0 Å². The Balaban J connectivity index is 2.05. The average Bonchev–Trinajstić information content (AvgIpc) is 2.73. The molecule has 1 unspecified atom stereocenters. The van der Waals surface area contributed by atoms with Crippen molar-refractivity contribution in [3.63, 3.8) is 0 Å². The van der Waals surface area contributed by atoms with Crippen LogP contribution in [0, 0.1) is 0 Å². The van der Waals surface area contributed by atoms with Crippen LogP contribution in [-0.2, 0) is 10.8 Å². The molecule has 0 saturated carbocycles. The van der Waals surface area contributed by atoms with Crippen LogP contribution in [0.3, 0.4) is 0 Å². The van der Waals surface area contributed by atoms with Gasteiger partial charge in [0.25, 0.3) is 0 Å². The highest BCUT2D eigenvalue weighted by Crippen LogP contribution is 2.16. The van der Waals surface area contributed by atoms with Gasteiger partial charge < -0.3 is 5.32 Å². The number of hydrogen-bond donors (Lipinski definition) is 1. The van der Waals surface area contributed by atoms with Gasteiger partial charge >= 0.3 is 0 Å². The van der Waals surface area contributed by atoms with E-state index in [1.165, 1.54) is 0 Å². The second kappa shape index (κ2) is 5.59. The summed E-state index contributed by atoms with van der Waals surface area (Å²) in [5.41, 5.74) is 0.770. The van der Waals surface area contributed by atoms with E-state index in [1.54, 1.807) is 4.52 Å². The fraction of sp³-hybridized carbons (Fsp3) is 0.400. The van der Waals surface area contributed by atoms with Gasteiger partial charge in [0, 0.05) is 35.0 Å². The first kappa shape index (κ1) is 12.5. The molecule has 0 aliphatic heterocycles. The van der Waals surface area contributed by atoms with Crippen LogP contribution in [0.1, 0.15) is 6.92 Å². The summed E-state index contributed by atoms with van der Waals surface area (Å²) in [5, 5.41) is 7.33. The molecule has 7 heteroatoms. The number of aromatic nitrogens is 3. The zero-order chi connectivity index (χ0) is 12.3. The minimum absolute atomic E-state index is 0.560. The summed E-state index contributed by atoms with van der Waals surface area (Å²) in [4.78, 5) is 4.33. The molecular formula is C10H13BrN4OS. The average molecular weight is 317 g/mol. The summed E-state index contributed by atoms with van der Waals surface area (Å²) in [6, 6.07) is 3.81. The van der Waals surface area contributed by atoms with Crippen LogP contribution >= 0.6 is 15.9 Å². The Morgan fingerprint density at radius 2 is 2.41 bits per heavy atom. The van der Waals surface area contributed by atoms with Gasteiger partial charge in [-0.05, 0) is 28.1 Å². The van der Waals surface area contributed by atoms with Crippen molar-refractivity contribution < 1.29 is 4.21 Å². The normalized spacial score (nSPS) is 12.8. The van der Waals surface area contributed by atoms with Crippen molar-refractivity contribution in [2.24, 2.45) is 0 Å². The molecule has 1 N–H and O–H groups in total. The zero-order valence-corrected chi connectivity index (χ0v) is 11.8. The van der Waals surface area contributed by atoms with E-state index in [-0.39, 0.29) is 0 Å². The third-order valence-electron chi connectivity index (χ3n) is 2.25. The van der Waals surface area contributed by atoms with Crippen molar-refractivity contribution in [2.45, 2.75) is 6.92 Å². The molecule has 2 heterocycles. The molecule has 0 radical (unpaired) electrons. The lowest BCUT2D eigenvalue weighted by Gasteiger charge is -1.99. The van der Waals surface area contributed by atoms with Gasteiger partial charge in [0.2, 0.25) is 5.95 Å². The monoisotopic (exact) mass is 316 g/mol. The largest absolute Gasteiger partial charge is 0.352 e. The number of nitrogens with one attached hydrogen (secondary N) is 1. The van der Waals surface area contributed by atoms with E-state index in [2.05, 4.69) is 31.3 Å². The molecule has 0 aliphatic carbocycles. The molecule has 0 aromatic carbocycles. The van der Waals surface area contributed by atoms with Crippen molar-refractivity contribution in [2.75, 3.05) is 23.4 Å². The maximum Gasteiger partial charge on any atom is 0.243 e. The van der Waals surface area contributed by atoms with Crippen molar-refractivity contribution >= 4 is 38.3 Å². The van der Waals surface area contributed by atoms with Crippen LogP contribution in [0.4, 0.5) is 5.95 Å². The van der Waals surface area contributed by atoms with Crippen LogP contribution in [0.2, 0.25) is 0 Å². The predicted octanol–water partition coefficient (Wildman–Crippen LogP) is 1.67. The molecule has 1 atom stereocenters. The number of rotatable bonds is 5. The third-order valence-corrected chi connectivity index (χ3v) is 4.17. The van der Waals surface area contributed by atoms with E-state index in [1.807, 2.05) is 25.3 Å². The van der Waals surface area contributed by atoms with Gasteiger partial charge in [-0.3, -0.25) is 4.21 Å². The fourth-order valence-electron chi connectivity index (χ4n) is 1.37. The Kier molecular flexibility index (Phi) is 4.11. The lowest BCUT2D eigenvalue weighted by molar-refractivity contribution is 0.684. The van der Waals surface area contributed by atoms with Gasteiger partial charge in [-0.15, -0.1) is 5.10 Å². The Hall–Kier alpha value is -0.950. The third kappa shape index (κ3) is 3.04. The van der Waals surface area contributed by atoms with Crippen LogP contribution in [-0.4, -0.2) is 36.9 Å². The van der Waals surface area contributed by atoms with Gasteiger partial charge in [0.1, 0.15) is 0 Å². The molecule has 2 rings (SSSR count). The highest BCUT2D eigenvalue weighted by atomic mass is 79.9. The van der Waals surface area contributed by atoms with Crippen molar-refractivity contribution in [1.82, 2.24) is 14.6 Å². The standard InChI is InChI=1S/C10H13BrN4OS/c1-2-17(16)7-5-12-10-13-9-8(11)4-3-6-15(9)14-10/h3-4,6H,2,5,7H2,1H3,(H,12,14). The number of fused-ring (bicyclic) bond motifs is 1. The van der Waals surface area contributed by atoms with Gasteiger partial charge in [-0.1, -0.05) is 6.92 Å². The first-order valence-corrected chi connectivity index (χ1v) is 7.58. The number of anilines is 1. The molecule has 0 fully saturated rings. The molecule has 0 saturated heterocycles. The SMILES string of the molecule is CCS(=O)CCNc1nc2c(Br)cccn2n1. The Morgan fingerprint density at radius 3 is 3.12 bits per heavy atom. The Bertz CT molecular complexity index is 542. The molecule has 0 amide bonds. The quantitative estimate of drug-likeness (QED) is 0.911. The summed E-state index contributed by atoms with van der Waals surface area (Å²) in [6.45, 7) is 2.53. The second-order valence-corrected chi connectivity index (χ2v) is 6.14. The number of halogens is 1. The van der Waals surface area contributed by atoms with Gasteiger partial charge in [0.05, 0.1) is 4.47 Å². The lowest BCUT2D eigenvalue weighted by Crippen LogP contribution is -2.12. The van der Waals surface area contributed by atoms with Crippen LogP contribution in [0.25, 0.3) is 5.65 Å². The fourth-order valence-corrected chi connectivity index (χ4v) is 2.41. The molecule has 2 aromatic rings. The molecule has 0 spiro atoms. The summed E-state index contributed by atoms with van der Waals surface area (Å²) in [5.74, 6) is 1.86. The molecule has 92 valence electrons. The van der Waals surface area contributed by atoms with Crippen LogP contribution < -0.4 is 5.32 Å². The summed E-state index contributed by atoms with van der Waals surface area (Å²) < 4.78 is 13.8. The molecule has 0 aliphatic rings. The van der Waals surface area contributed by atoms with Gasteiger partial charge in [-0.2, -0.15) is 4.98 Å². The van der Waals surface area contributed by atoms with Crippen LogP contribution in [0.5, 0.6) is 0 Å². The van der Waals surface area contributed by atoms with Crippen LogP contribution in [0.15, 0.2) is 22.8 Å². The topological polar surface area (TPSA) is 59.3 Å². The minimum Gasteiger partial charge on any atom is -0.352 e. The number of hydrogen-bond acceptors (Lipinski definition) is 4. The minimum atomic E-state index is -0.757. The zero-order valence-electron chi connectivity index (χ0n) is 9.39. The Morgan fingerprint density at radius 1 is 1.59 bits per heavy atom. The van der Waals surface area contributed by atoms with Crippen molar-refractivity contribution in [3.8, 4) is 0 Å². The molecular weight excluding hydrogens is 304 g/mol. The van der Waals surface area contributed by atoms with E-state index in [0.717, 1.165) is 10.1 Å². The summed E-state index contributed by atoms with van der Waals surface area (Å²) in [6.07, 6.45) is 1.84. The predicted molar refractivity (Wildman–Crippen MR) is 72.7 cm³/mol. The van der Waals surface area contributed by atoms with Gasteiger partial charge in [-0.25, -0.2) is 4.52 Å². The Labute approximate surface area is 110 Å². The van der Waals surface area contributed by atoms with Crippen molar-refractivity contribution in [3.05, 3.63) is 22.8 Å². The highest BCUT2D eigenvalue weighted by molar-refractivity contribution is 9.10. The highest BCUT2D eigenvalue weighted by Gasteiger charge is 2.05. The summed E-state index contributed by atoms with van der Waals surface area (Å²) >= 11 is 3.41. The van der Waals surface area contributed by atoms with E-state index < -0.39 is 10.8 Å². The molecule has 17 heavy (non-hydrogen) atoms.